The van der Waals surface area contributed by atoms with E-state index in [0.29, 0.717) is 5.56 Å². The average Bonchev–Trinajstić information content (AvgIpc) is 2.48. The number of benzene rings is 2. The van der Waals surface area contributed by atoms with Gasteiger partial charge in [0, 0.05) is 6.07 Å². The number of carbonyl (C=O) groups is 1. The maximum absolute atomic E-state index is 13.4. The Hall–Kier alpha value is -2.96. The lowest BCUT2D eigenvalue weighted by Gasteiger charge is -2.09. The van der Waals surface area contributed by atoms with E-state index in [1.54, 1.807) is 19.1 Å². The van der Waals surface area contributed by atoms with Crippen LogP contribution >= 0.6 is 0 Å². The SMILES string of the molecule is Cc1ccc(NC(=O)CNc2ccccc2F)c([N+](=O)[O-])c1. The molecule has 0 saturated carbocycles. The zero-order valence-corrected chi connectivity index (χ0v) is 11.8. The summed E-state index contributed by atoms with van der Waals surface area (Å²) in [6.07, 6.45) is 0. The van der Waals surface area contributed by atoms with Gasteiger partial charge < -0.3 is 10.6 Å². The van der Waals surface area contributed by atoms with E-state index in [2.05, 4.69) is 10.6 Å². The first-order valence-corrected chi connectivity index (χ1v) is 6.50. The first-order valence-electron chi connectivity index (χ1n) is 6.50. The van der Waals surface area contributed by atoms with Crippen molar-refractivity contribution in [3.8, 4) is 0 Å². The van der Waals surface area contributed by atoms with Gasteiger partial charge in [0.1, 0.15) is 11.5 Å². The molecule has 2 aromatic rings. The zero-order valence-electron chi connectivity index (χ0n) is 11.8. The van der Waals surface area contributed by atoms with Gasteiger partial charge in [-0.15, -0.1) is 0 Å². The minimum absolute atomic E-state index is 0.107. The van der Waals surface area contributed by atoms with Crippen LogP contribution in [0, 0.1) is 22.9 Å². The molecular weight excluding hydrogens is 289 g/mol. The highest BCUT2D eigenvalue weighted by Crippen LogP contribution is 2.25. The molecule has 114 valence electrons. The smallest absolute Gasteiger partial charge is 0.293 e. The third-order valence-corrected chi connectivity index (χ3v) is 2.94. The highest BCUT2D eigenvalue weighted by atomic mass is 19.1. The highest BCUT2D eigenvalue weighted by Gasteiger charge is 2.16. The van der Waals surface area contributed by atoms with Crippen molar-refractivity contribution < 1.29 is 14.1 Å². The standard InChI is InChI=1S/C15H14FN3O3/c1-10-6-7-13(14(8-10)19(21)22)18-15(20)9-17-12-5-3-2-4-11(12)16/h2-8,17H,9H2,1H3,(H,18,20). The summed E-state index contributed by atoms with van der Waals surface area (Å²) < 4.78 is 13.4. The van der Waals surface area contributed by atoms with Crippen molar-refractivity contribution in [2.45, 2.75) is 6.92 Å². The largest absolute Gasteiger partial charge is 0.374 e. The summed E-state index contributed by atoms with van der Waals surface area (Å²) in [6, 6.07) is 10.4. The van der Waals surface area contributed by atoms with Crippen LogP contribution in [0.1, 0.15) is 5.56 Å². The summed E-state index contributed by atoms with van der Waals surface area (Å²) in [5, 5.41) is 16.0. The molecule has 1 amide bonds. The quantitative estimate of drug-likeness (QED) is 0.656. The van der Waals surface area contributed by atoms with E-state index in [9.17, 15) is 19.3 Å². The molecule has 2 N–H and O–H groups in total. The minimum atomic E-state index is -0.563. The van der Waals surface area contributed by atoms with E-state index >= 15 is 0 Å². The van der Waals surface area contributed by atoms with E-state index < -0.39 is 16.6 Å². The molecule has 0 heterocycles. The lowest BCUT2D eigenvalue weighted by molar-refractivity contribution is -0.384. The van der Waals surface area contributed by atoms with E-state index in [0.717, 1.165) is 0 Å². The maximum atomic E-state index is 13.4. The van der Waals surface area contributed by atoms with Crippen LogP contribution in [0.4, 0.5) is 21.5 Å². The van der Waals surface area contributed by atoms with Crippen molar-refractivity contribution in [1.29, 1.82) is 0 Å². The number of nitrogens with zero attached hydrogens (tertiary/aromatic N) is 1. The van der Waals surface area contributed by atoms with Crippen LogP contribution in [0.15, 0.2) is 42.5 Å². The Balaban J connectivity index is 2.04. The number of anilines is 2. The van der Waals surface area contributed by atoms with Crippen molar-refractivity contribution in [2.24, 2.45) is 0 Å². The topological polar surface area (TPSA) is 84.3 Å². The van der Waals surface area contributed by atoms with Crippen molar-refractivity contribution in [3.63, 3.8) is 0 Å². The second kappa shape index (κ2) is 6.66. The second-order valence-electron chi connectivity index (χ2n) is 4.66. The Morgan fingerprint density at radius 1 is 1.23 bits per heavy atom. The Kier molecular flexibility index (Phi) is 4.67. The predicted molar refractivity (Wildman–Crippen MR) is 81.4 cm³/mol. The Morgan fingerprint density at radius 2 is 1.95 bits per heavy atom. The summed E-state index contributed by atoms with van der Waals surface area (Å²) in [6.45, 7) is 1.52. The van der Waals surface area contributed by atoms with Crippen molar-refractivity contribution in [1.82, 2.24) is 0 Å². The third kappa shape index (κ3) is 3.78. The van der Waals surface area contributed by atoms with E-state index in [-0.39, 0.29) is 23.6 Å². The summed E-state index contributed by atoms with van der Waals surface area (Å²) in [5.74, 6) is -0.980. The molecular formula is C15H14FN3O3. The van der Waals surface area contributed by atoms with Crippen molar-refractivity contribution >= 4 is 23.0 Å². The summed E-state index contributed by atoms with van der Waals surface area (Å²) in [4.78, 5) is 22.2. The van der Waals surface area contributed by atoms with Gasteiger partial charge in [-0.3, -0.25) is 14.9 Å². The molecule has 2 rings (SSSR count). The number of carbonyl (C=O) groups excluding carboxylic acids is 1. The highest BCUT2D eigenvalue weighted by molar-refractivity contribution is 5.95. The molecule has 0 aliphatic rings. The monoisotopic (exact) mass is 303 g/mol. The zero-order chi connectivity index (χ0) is 16.1. The fourth-order valence-corrected chi connectivity index (χ4v) is 1.87. The number of amides is 1. The van der Waals surface area contributed by atoms with Gasteiger partial charge in [-0.1, -0.05) is 18.2 Å². The Morgan fingerprint density at radius 3 is 2.64 bits per heavy atom. The number of hydrogen-bond donors (Lipinski definition) is 2. The van der Waals surface area contributed by atoms with Gasteiger partial charge in [0.25, 0.3) is 5.69 Å². The molecule has 0 aliphatic carbocycles. The maximum Gasteiger partial charge on any atom is 0.293 e. The summed E-state index contributed by atoms with van der Waals surface area (Å²) in [5.41, 5.74) is 0.834. The molecule has 0 atom stereocenters. The van der Waals surface area contributed by atoms with Gasteiger partial charge in [0.2, 0.25) is 5.91 Å². The average molecular weight is 303 g/mol. The van der Waals surface area contributed by atoms with Gasteiger partial charge >= 0.3 is 0 Å². The fraction of sp³-hybridized carbons (Fsp3) is 0.133. The molecule has 22 heavy (non-hydrogen) atoms. The molecule has 0 saturated heterocycles. The summed E-state index contributed by atoms with van der Waals surface area (Å²) >= 11 is 0. The van der Waals surface area contributed by atoms with Crippen LogP contribution < -0.4 is 10.6 Å². The molecule has 0 unspecified atom stereocenters. The third-order valence-electron chi connectivity index (χ3n) is 2.94. The van der Waals surface area contributed by atoms with Gasteiger partial charge in [-0.2, -0.15) is 0 Å². The van der Waals surface area contributed by atoms with Crippen LogP contribution in [0.5, 0.6) is 0 Å². The number of halogens is 1. The molecule has 0 aromatic heterocycles. The van der Waals surface area contributed by atoms with Crippen LogP contribution in [0.25, 0.3) is 0 Å². The van der Waals surface area contributed by atoms with Gasteiger partial charge in [-0.25, -0.2) is 4.39 Å². The number of rotatable bonds is 5. The Bertz CT molecular complexity index is 719. The molecule has 2 aromatic carbocycles. The molecule has 0 radical (unpaired) electrons. The van der Waals surface area contributed by atoms with Crippen molar-refractivity contribution in [3.05, 3.63) is 64.0 Å². The number of hydrogen-bond acceptors (Lipinski definition) is 4. The molecule has 0 fully saturated rings. The van der Waals surface area contributed by atoms with Crippen LogP contribution in [0.3, 0.4) is 0 Å². The first-order chi connectivity index (χ1) is 10.5. The number of nitrogens with one attached hydrogen (secondary N) is 2. The lowest BCUT2D eigenvalue weighted by atomic mass is 10.2. The Labute approximate surface area is 126 Å². The molecule has 7 heteroatoms. The van der Waals surface area contributed by atoms with Gasteiger partial charge in [0.05, 0.1) is 17.2 Å². The molecule has 0 spiro atoms. The number of nitro groups is 1. The van der Waals surface area contributed by atoms with Gasteiger partial charge in [0.15, 0.2) is 0 Å². The lowest BCUT2D eigenvalue weighted by Crippen LogP contribution is -2.22. The number of aryl methyl sites for hydroxylation is 1. The number of para-hydroxylation sites is 1. The minimum Gasteiger partial charge on any atom is -0.374 e. The number of nitro benzene ring substituents is 1. The second-order valence-corrected chi connectivity index (χ2v) is 4.66. The molecule has 0 bridgehead atoms. The predicted octanol–water partition coefficient (Wildman–Crippen LogP) is 3.09. The molecule has 0 aliphatic heterocycles. The summed E-state index contributed by atoms with van der Waals surface area (Å²) in [7, 11) is 0. The fourth-order valence-electron chi connectivity index (χ4n) is 1.87. The molecule has 6 nitrogen and oxygen atoms in total. The van der Waals surface area contributed by atoms with E-state index in [1.807, 2.05) is 0 Å². The normalized spacial score (nSPS) is 10.1. The first kappa shape index (κ1) is 15.4. The van der Waals surface area contributed by atoms with Crippen molar-refractivity contribution in [2.75, 3.05) is 17.2 Å². The van der Waals surface area contributed by atoms with E-state index in [1.165, 1.54) is 30.3 Å². The van der Waals surface area contributed by atoms with E-state index in [4.69, 9.17) is 0 Å². The van der Waals surface area contributed by atoms with Crippen LogP contribution in [-0.4, -0.2) is 17.4 Å². The van der Waals surface area contributed by atoms with Gasteiger partial charge in [-0.05, 0) is 30.7 Å². The van der Waals surface area contributed by atoms with Crippen LogP contribution in [0.2, 0.25) is 0 Å². The van der Waals surface area contributed by atoms with Crippen LogP contribution in [-0.2, 0) is 4.79 Å².